The lowest BCUT2D eigenvalue weighted by molar-refractivity contribution is 0.279. The fourth-order valence-electron chi connectivity index (χ4n) is 0.995. The van der Waals surface area contributed by atoms with Crippen LogP contribution in [0.2, 0.25) is 0 Å². The first-order valence-electron chi connectivity index (χ1n) is 5.18. The molecule has 1 rings (SSSR count). The zero-order chi connectivity index (χ0) is 13.5. The Labute approximate surface area is 109 Å². The Morgan fingerprint density at radius 1 is 1.31 bits per heavy atom. The third-order valence-corrected chi connectivity index (χ3v) is 2.81. The molecule has 2 atom stereocenters. The molecule has 0 aliphatic rings. The van der Waals surface area contributed by atoms with Crippen molar-refractivity contribution in [3.8, 4) is 11.5 Å². The summed E-state index contributed by atoms with van der Waals surface area (Å²) in [6, 6.07) is 4.96. The molecule has 1 aromatic carbocycles. The molecule has 1 N–H and O–H groups in total. The van der Waals surface area contributed by atoms with Crippen LogP contribution in [0.25, 0.3) is 0 Å². The molecule has 0 aromatic heterocycles. The molecular weight excluding hydrogens is 280 g/mol. The smallest absolute Gasteiger partial charge is 0.222 e. The summed E-state index contributed by atoms with van der Waals surface area (Å²) in [7, 11) is 7.05. The monoisotopic (exact) mass is 294 g/mol. The molecule has 0 amide bonds. The Bertz CT molecular complexity index is 466. The molecule has 0 aliphatic heterocycles. The van der Waals surface area contributed by atoms with Crippen LogP contribution in [0, 0.1) is 0 Å². The van der Waals surface area contributed by atoms with Gasteiger partial charge in [-0.25, -0.2) is 0 Å². The zero-order valence-corrected chi connectivity index (χ0v) is 11.8. The summed E-state index contributed by atoms with van der Waals surface area (Å²) >= 11 is 0. The zero-order valence-electron chi connectivity index (χ0n) is 10.2. The molecule has 9 heteroatoms. The lowest BCUT2D eigenvalue weighted by Gasteiger charge is -2.12. The quantitative estimate of drug-likeness (QED) is 0.596. The lowest BCUT2D eigenvalue weighted by atomic mass is 10.2. The van der Waals surface area contributed by atoms with Gasteiger partial charge in [0.25, 0.3) is 0 Å². The average molecular weight is 294 g/mol. The molecule has 3 nitrogen and oxygen atoms in total. The van der Waals surface area contributed by atoms with E-state index in [1.807, 2.05) is 0 Å². The van der Waals surface area contributed by atoms with Crippen LogP contribution in [-0.4, -0.2) is 22.0 Å². The van der Waals surface area contributed by atoms with E-state index < -0.39 is 20.4 Å². The molecule has 0 spiro atoms. The summed E-state index contributed by atoms with van der Waals surface area (Å²) in [5.74, 6) is 0.947. The second-order valence-electron chi connectivity index (χ2n) is 2.69. The minimum Gasteiger partial charge on any atom is -0.442 e. The van der Waals surface area contributed by atoms with Crippen LogP contribution in [0.15, 0.2) is 18.2 Å². The van der Waals surface area contributed by atoms with E-state index in [-0.39, 0.29) is 6.61 Å². The number of hydrogen-bond acceptors (Lipinski definition) is 3. The van der Waals surface area contributed by atoms with Crippen LogP contribution in [0.1, 0.15) is 5.56 Å². The minimum atomic E-state index is -0.837. The number of benzene rings is 1. The molecule has 2 unspecified atom stereocenters. The lowest BCUT2D eigenvalue weighted by Crippen LogP contribution is -2.01. The predicted molar refractivity (Wildman–Crippen MR) is 79.3 cm³/mol. The molecule has 16 heavy (non-hydrogen) atoms. The van der Waals surface area contributed by atoms with Crippen molar-refractivity contribution in [2.24, 2.45) is 0 Å². The van der Waals surface area contributed by atoms with Crippen molar-refractivity contribution in [3.63, 3.8) is 0 Å². The van der Waals surface area contributed by atoms with Crippen LogP contribution >= 0.6 is 16.0 Å². The van der Waals surface area contributed by atoms with Gasteiger partial charge in [0.05, 0.1) is 6.61 Å². The fourth-order valence-corrected chi connectivity index (χ4v) is 2.21. The summed E-state index contributed by atoms with van der Waals surface area (Å²) in [4.78, 5) is 0. The Morgan fingerprint density at radius 2 is 2.00 bits per heavy atom. The van der Waals surface area contributed by atoms with Crippen LogP contribution in [-0.2, 0) is 27.0 Å². The van der Waals surface area contributed by atoms with Crippen LogP contribution in [0.4, 0.5) is 0 Å². The van der Waals surface area contributed by atoms with Gasteiger partial charge in [0.1, 0.15) is 11.5 Å². The third kappa shape index (κ3) is 4.60. The highest BCUT2D eigenvalue weighted by atomic mass is 32.5. The number of aliphatic hydroxyl groups is 1. The third-order valence-electron chi connectivity index (χ3n) is 1.57. The maximum absolute atomic E-state index is 9.19. The fraction of sp³-hybridized carbons (Fsp3) is 0.143. The molecule has 2 radical (unpaired) electrons. The van der Waals surface area contributed by atoms with Crippen molar-refractivity contribution >= 4 is 50.6 Å². The highest BCUT2D eigenvalue weighted by Crippen LogP contribution is 2.26. The van der Waals surface area contributed by atoms with Gasteiger partial charge >= 0.3 is 0 Å². The number of hydrogen-bond donors (Lipinski definition) is 1. The summed E-state index contributed by atoms with van der Waals surface area (Å²) in [6.45, 7) is -0.165. The minimum absolute atomic E-state index is 0.165. The van der Waals surface area contributed by atoms with Crippen molar-refractivity contribution in [1.29, 1.82) is 2.67 Å². The van der Waals surface area contributed by atoms with E-state index in [1.165, 1.54) is 0 Å². The van der Waals surface area contributed by atoms with E-state index in [4.69, 9.17) is 11.0 Å². The van der Waals surface area contributed by atoms with Gasteiger partial charge < -0.3 is 13.5 Å². The van der Waals surface area contributed by atoms with Crippen LogP contribution < -0.4 is 8.37 Å². The van der Waals surface area contributed by atoms with Gasteiger partial charge in [0.15, 0.2) is 0 Å². The molecule has 0 fully saturated rings. The van der Waals surface area contributed by atoms with E-state index in [9.17, 15) is 5.11 Å². The van der Waals surface area contributed by atoms with Crippen molar-refractivity contribution in [1.82, 2.24) is 0 Å². The second-order valence-corrected chi connectivity index (χ2v) is 6.63. The summed E-state index contributed by atoms with van der Waals surface area (Å²) in [5, 5.41) is 9.19. The van der Waals surface area contributed by atoms with Crippen molar-refractivity contribution in [2.75, 3.05) is 0 Å². The van der Waals surface area contributed by atoms with Gasteiger partial charge in [-0.15, -0.1) is 0 Å². The number of rotatable bonds is 7. The highest BCUT2D eigenvalue weighted by Gasteiger charge is 2.06. The molecule has 0 heterocycles. The van der Waals surface area contributed by atoms with E-state index in [0.29, 0.717) is 17.1 Å². The molecule has 0 aliphatic carbocycles. The second kappa shape index (κ2) is 6.83. The van der Waals surface area contributed by atoms with Crippen LogP contribution in [0.5, 0.6) is 11.5 Å². The van der Waals surface area contributed by atoms with E-state index >= 15 is 0 Å². The van der Waals surface area contributed by atoms with Crippen LogP contribution in [0.3, 0.4) is 0 Å². The van der Waals surface area contributed by atoms with Gasteiger partial charge in [0, 0.05) is 11.6 Å². The van der Waals surface area contributed by atoms with Crippen molar-refractivity contribution in [2.45, 2.75) is 6.61 Å². The SMILES string of the molecule is [3H][B]S(=P)Oc1ccc(CO)c(OS(=P)[B][3H])c1. The first-order chi connectivity index (χ1) is 8.60. The maximum Gasteiger partial charge on any atom is 0.222 e. The Balaban J connectivity index is 2.94. The average Bonchev–Trinajstić information content (AvgIpc) is 2.38. The largest absolute Gasteiger partial charge is 0.442 e. The first-order valence-corrected chi connectivity index (χ1v) is 8.90. The van der Waals surface area contributed by atoms with E-state index in [2.05, 4.69) is 16.0 Å². The summed E-state index contributed by atoms with van der Waals surface area (Å²) in [6.07, 6.45) is 0. The molecule has 0 saturated carbocycles. The molecular formula is C7H10B2O3P2S2. The molecule has 84 valence electrons. The van der Waals surface area contributed by atoms with Crippen molar-refractivity contribution in [3.05, 3.63) is 23.8 Å². The maximum atomic E-state index is 9.19. The Kier molecular flexibility index (Phi) is 4.83. The van der Waals surface area contributed by atoms with Gasteiger partial charge in [-0.2, -0.15) is 0 Å². The number of aliphatic hydroxyl groups excluding tert-OH is 1. The normalized spacial score (nSPS) is 15.3. The summed E-state index contributed by atoms with van der Waals surface area (Å²) < 4.78 is 24.9. The standard InChI is InChI=1S/C7H10B2O3P2S2/c8-15(13)11-6-2-1-5(4-10)7(3-6)12-16(9)14/h1-3,8-10,13-14H,4H2/i8T,9T. The Morgan fingerprint density at radius 3 is 2.62 bits per heavy atom. The highest BCUT2D eigenvalue weighted by molar-refractivity contribution is 8.28. The Hall–Kier alpha value is 0.210. The van der Waals surface area contributed by atoms with Gasteiger partial charge in [-0.1, -0.05) is 16.0 Å². The van der Waals surface area contributed by atoms with Gasteiger partial charge in [-0.05, 0) is 35.2 Å². The van der Waals surface area contributed by atoms with Gasteiger partial charge in [-0.3, -0.25) is 0 Å². The predicted octanol–water partition coefficient (Wildman–Crippen LogP) is 0.750. The van der Waals surface area contributed by atoms with E-state index in [1.54, 1.807) is 18.2 Å². The molecule has 0 saturated heterocycles. The van der Waals surface area contributed by atoms with Crippen molar-refractivity contribution < 1.29 is 13.5 Å². The molecule has 1 aromatic rings. The van der Waals surface area contributed by atoms with E-state index in [0.717, 1.165) is 14.2 Å². The molecule has 0 bridgehead atoms. The summed E-state index contributed by atoms with van der Waals surface area (Å²) in [5.41, 5.74) is 0.601. The topological polar surface area (TPSA) is 38.7 Å². The first kappa shape index (κ1) is 11.3. The van der Waals surface area contributed by atoms with Gasteiger partial charge in [0.2, 0.25) is 14.2 Å².